The largest absolute Gasteiger partial charge is 0.491 e. The lowest BCUT2D eigenvalue weighted by atomic mass is 10.1. The SMILES string of the molecule is C[C@H](N)c1cc(Br)ccc1OCCn1cccn1. The maximum absolute atomic E-state index is 5.93. The fourth-order valence-corrected chi connectivity index (χ4v) is 2.07. The molecule has 18 heavy (non-hydrogen) atoms. The standard InChI is InChI=1S/C13H16BrN3O/c1-10(15)12-9-11(14)3-4-13(12)18-8-7-17-6-2-5-16-17/h2-6,9-10H,7-8,15H2,1H3/t10-/m0/s1. The van der Waals surface area contributed by atoms with Gasteiger partial charge in [-0.05, 0) is 31.2 Å². The van der Waals surface area contributed by atoms with Gasteiger partial charge in [0.2, 0.25) is 0 Å². The van der Waals surface area contributed by atoms with Gasteiger partial charge in [0, 0.05) is 28.5 Å². The average Bonchev–Trinajstić information content (AvgIpc) is 2.84. The number of nitrogens with zero attached hydrogens (tertiary/aromatic N) is 2. The molecule has 0 aliphatic rings. The van der Waals surface area contributed by atoms with Gasteiger partial charge in [-0.15, -0.1) is 0 Å². The molecule has 1 heterocycles. The van der Waals surface area contributed by atoms with E-state index in [9.17, 15) is 0 Å². The quantitative estimate of drug-likeness (QED) is 0.924. The van der Waals surface area contributed by atoms with Crippen molar-refractivity contribution < 1.29 is 4.74 Å². The van der Waals surface area contributed by atoms with Crippen molar-refractivity contribution in [2.75, 3.05) is 6.61 Å². The Kier molecular flexibility index (Phi) is 4.38. The van der Waals surface area contributed by atoms with E-state index < -0.39 is 0 Å². The summed E-state index contributed by atoms with van der Waals surface area (Å²) in [6, 6.07) is 7.73. The van der Waals surface area contributed by atoms with E-state index in [0.29, 0.717) is 6.61 Å². The van der Waals surface area contributed by atoms with Crippen LogP contribution in [0, 0.1) is 0 Å². The number of halogens is 1. The van der Waals surface area contributed by atoms with Crippen LogP contribution in [0.2, 0.25) is 0 Å². The smallest absolute Gasteiger partial charge is 0.124 e. The van der Waals surface area contributed by atoms with Gasteiger partial charge < -0.3 is 10.5 Å². The van der Waals surface area contributed by atoms with Crippen LogP contribution in [0.5, 0.6) is 5.75 Å². The first-order valence-corrected chi connectivity index (χ1v) is 6.61. The number of ether oxygens (including phenoxy) is 1. The minimum Gasteiger partial charge on any atom is -0.491 e. The molecule has 0 spiro atoms. The molecule has 0 bridgehead atoms. The molecule has 2 N–H and O–H groups in total. The zero-order chi connectivity index (χ0) is 13.0. The zero-order valence-electron chi connectivity index (χ0n) is 10.2. The van der Waals surface area contributed by atoms with E-state index in [4.69, 9.17) is 10.5 Å². The van der Waals surface area contributed by atoms with Crippen LogP contribution in [-0.4, -0.2) is 16.4 Å². The molecule has 1 aromatic heterocycles. The molecule has 2 rings (SSSR count). The van der Waals surface area contributed by atoms with E-state index in [-0.39, 0.29) is 6.04 Å². The highest BCUT2D eigenvalue weighted by Crippen LogP contribution is 2.27. The van der Waals surface area contributed by atoms with Gasteiger partial charge in [-0.2, -0.15) is 5.10 Å². The summed E-state index contributed by atoms with van der Waals surface area (Å²) in [4.78, 5) is 0. The van der Waals surface area contributed by atoms with Gasteiger partial charge in [-0.1, -0.05) is 15.9 Å². The number of hydrogen-bond acceptors (Lipinski definition) is 3. The lowest BCUT2D eigenvalue weighted by molar-refractivity contribution is 0.287. The summed E-state index contributed by atoms with van der Waals surface area (Å²) in [5, 5.41) is 4.12. The molecule has 1 aromatic carbocycles. The van der Waals surface area contributed by atoms with Crippen LogP contribution in [0.1, 0.15) is 18.5 Å². The van der Waals surface area contributed by atoms with Crippen molar-refractivity contribution in [3.05, 3.63) is 46.7 Å². The maximum atomic E-state index is 5.93. The molecule has 1 atom stereocenters. The molecule has 0 saturated carbocycles. The minimum absolute atomic E-state index is 0.0535. The van der Waals surface area contributed by atoms with Gasteiger partial charge in [-0.3, -0.25) is 4.68 Å². The van der Waals surface area contributed by atoms with Crippen molar-refractivity contribution in [1.29, 1.82) is 0 Å². The molecule has 4 nitrogen and oxygen atoms in total. The van der Waals surface area contributed by atoms with Crippen molar-refractivity contribution in [3.63, 3.8) is 0 Å². The van der Waals surface area contributed by atoms with Crippen molar-refractivity contribution >= 4 is 15.9 Å². The summed E-state index contributed by atoms with van der Waals surface area (Å²) in [5.74, 6) is 0.834. The lowest BCUT2D eigenvalue weighted by Crippen LogP contribution is -2.12. The molecule has 2 aromatic rings. The number of benzene rings is 1. The Morgan fingerprint density at radius 1 is 1.50 bits per heavy atom. The maximum Gasteiger partial charge on any atom is 0.124 e. The third-order valence-corrected chi connectivity index (χ3v) is 3.09. The number of nitrogens with two attached hydrogens (primary N) is 1. The number of rotatable bonds is 5. The third-order valence-electron chi connectivity index (χ3n) is 2.60. The second-order valence-electron chi connectivity index (χ2n) is 4.09. The Morgan fingerprint density at radius 3 is 3.00 bits per heavy atom. The zero-order valence-corrected chi connectivity index (χ0v) is 11.8. The summed E-state index contributed by atoms with van der Waals surface area (Å²) in [7, 11) is 0. The van der Waals surface area contributed by atoms with E-state index in [1.54, 1.807) is 6.20 Å². The lowest BCUT2D eigenvalue weighted by Gasteiger charge is -2.14. The molecule has 96 valence electrons. The molecule has 0 radical (unpaired) electrons. The Hall–Kier alpha value is -1.33. The van der Waals surface area contributed by atoms with Crippen molar-refractivity contribution in [2.45, 2.75) is 19.5 Å². The normalized spacial score (nSPS) is 12.4. The molecular weight excluding hydrogens is 294 g/mol. The average molecular weight is 310 g/mol. The van der Waals surface area contributed by atoms with Gasteiger partial charge >= 0.3 is 0 Å². The summed E-state index contributed by atoms with van der Waals surface area (Å²) in [6.07, 6.45) is 3.67. The highest BCUT2D eigenvalue weighted by molar-refractivity contribution is 9.10. The van der Waals surface area contributed by atoms with Crippen LogP contribution < -0.4 is 10.5 Å². The predicted octanol–water partition coefficient (Wildman–Crippen LogP) is 2.74. The van der Waals surface area contributed by atoms with Gasteiger partial charge in [0.05, 0.1) is 6.54 Å². The fourth-order valence-electron chi connectivity index (χ4n) is 1.69. The van der Waals surface area contributed by atoms with Gasteiger partial charge in [-0.25, -0.2) is 0 Å². The number of hydrogen-bond donors (Lipinski definition) is 1. The first kappa shape index (κ1) is 13.1. The van der Waals surface area contributed by atoms with E-state index >= 15 is 0 Å². The second-order valence-corrected chi connectivity index (χ2v) is 5.00. The molecule has 5 heteroatoms. The Balaban J connectivity index is 2.00. The van der Waals surface area contributed by atoms with Crippen molar-refractivity contribution in [1.82, 2.24) is 9.78 Å². The molecule has 0 aliphatic heterocycles. The monoisotopic (exact) mass is 309 g/mol. The Morgan fingerprint density at radius 2 is 2.33 bits per heavy atom. The van der Waals surface area contributed by atoms with Gasteiger partial charge in [0.25, 0.3) is 0 Å². The minimum atomic E-state index is -0.0535. The summed E-state index contributed by atoms with van der Waals surface area (Å²) in [5.41, 5.74) is 6.94. The molecule has 0 aliphatic carbocycles. The summed E-state index contributed by atoms with van der Waals surface area (Å²) in [6.45, 7) is 3.24. The van der Waals surface area contributed by atoms with E-state index in [1.807, 2.05) is 42.1 Å². The van der Waals surface area contributed by atoms with Crippen molar-refractivity contribution in [3.8, 4) is 5.75 Å². The summed E-state index contributed by atoms with van der Waals surface area (Å²) < 4.78 is 8.61. The van der Waals surface area contributed by atoms with Crippen LogP contribution in [0.25, 0.3) is 0 Å². The van der Waals surface area contributed by atoms with Crippen LogP contribution in [0.3, 0.4) is 0 Å². The molecule has 0 saturated heterocycles. The molecule has 0 unspecified atom stereocenters. The van der Waals surface area contributed by atoms with Crippen LogP contribution in [-0.2, 0) is 6.54 Å². The van der Waals surface area contributed by atoms with Crippen LogP contribution in [0.15, 0.2) is 41.1 Å². The van der Waals surface area contributed by atoms with Crippen molar-refractivity contribution in [2.24, 2.45) is 5.73 Å². The Labute approximate surface area is 115 Å². The van der Waals surface area contributed by atoms with E-state index in [1.165, 1.54) is 0 Å². The van der Waals surface area contributed by atoms with Gasteiger partial charge in [0.15, 0.2) is 0 Å². The number of aromatic nitrogens is 2. The van der Waals surface area contributed by atoms with Crippen LogP contribution in [0.4, 0.5) is 0 Å². The molecule has 0 amide bonds. The first-order chi connectivity index (χ1) is 8.66. The fraction of sp³-hybridized carbons (Fsp3) is 0.308. The van der Waals surface area contributed by atoms with E-state index in [0.717, 1.165) is 22.3 Å². The highest BCUT2D eigenvalue weighted by atomic mass is 79.9. The predicted molar refractivity (Wildman–Crippen MR) is 74.5 cm³/mol. The third kappa shape index (κ3) is 3.34. The second kappa shape index (κ2) is 6.02. The Bertz CT molecular complexity index is 497. The van der Waals surface area contributed by atoms with E-state index in [2.05, 4.69) is 21.0 Å². The summed E-state index contributed by atoms with van der Waals surface area (Å²) >= 11 is 3.44. The first-order valence-electron chi connectivity index (χ1n) is 5.82. The molecule has 0 fully saturated rings. The molecular formula is C13H16BrN3O. The highest BCUT2D eigenvalue weighted by Gasteiger charge is 2.08. The van der Waals surface area contributed by atoms with Crippen LogP contribution >= 0.6 is 15.9 Å². The topological polar surface area (TPSA) is 53.1 Å². The van der Waals surface area contributed by atoms with Gasteiger partial charge in [0.1, 0.15) is 12.4 Å².